The maximum Gasteiger partial charge on any atom is 0.320 e. The summed E-state index contributed by atoms with van der Waals surface area (Å²) in [6, 6.07) is 11.9. The van der Waals surface area contributed by atoms with Crippen LogP contribution in [0.3, 0.4) is 0 Å². The lowest BCUT2D eigenvalue weighted by Gasteiger charge is -2.39. The molecule has 2 aromatic rings. The van der Waals surface area contributed by atoms with Crippen LogP contribution in [0, 0.1) is 5.92 Å². The molecule has 0 radical (unpaired) electrons. The van der Waals surface area contributed by atoms with Gasteiger partial charge < -0.3 is 14.6 Å². The van der Waals surface area contributed by atoms with E-state index in [4.69, 9.17) is 16.4 Å². The molecule has 0 aliphatic carbocycles. The van der Waals surface area contributed by atoms with Crippen molar-refractivity contribution in [3.8, 4) is 0 Å². The molecule has 1 aromatic heterocycles. The molecule has 0 spiro atoms. The van der Waals surface area contributed by atoms with Gasteiger partial charge in [0.1, 0.15) is 7.11 Å². The molecule has 2 aliphatic heterocycles. The Morgan fingerprint density at radius 3 is 2.25 bits per heavy atom. The van der Waals surface area contributed by atoms with Crippen molar-refractivity contribution in [1.82, 2.24) is 19.7 Å². The van der Waals surface area contributed by atoms with E-state index in [2.05, 4.69) is 15.0 Å². The lowest BCUT2D eigenvalue weighted by Crippen LogP contribution is -2.54. The average Bonchev–Trinajstić information content (AvgIpc) is 2.84. The highest BCUT2D eigenvalue weighted by atomic mass is 35.5. The highest BCUT2D eigenvalue weighted by Gasteiger charge is 2.31. The van der Waals surface area contributed by atoms with E-state index >= 15 is 0 Å². The molecule has 2 fully saturated rings. The van der Waals surface area contributed by atoms with Crippen molar-refractivity contribution < 1.29 is 9.63 Å². The van der Waals surface area contributed by atoms with Crippen molar-refractivity contribution in [2.24, 2.45) is 11.1 Å². The number of oxime groups is 1. The Labute approximate surface area is 194 Å². The number of urea groups is 1. The Morgan fingerprint density at radius 1 is 1.00 bits per heavy atom. The van der Waals surface area contributed by atoms with E-state index in [-0.39, 0.29) is 11.9 Å². The molecule has 2 aliphatic rings. The fraction of sp³-hybridized carbons (Fsp3) is 0.458. The Bertz CT molecular complexity index is 906. The fourth-order valence-corrected chi connectivity index (χ4v) is 4.60. The third kappa shape index (κ3) is 5.58. The van der Waals surface area contributed by atoms with Gasteiger partial charge in [0.15, 0.2) is 0 Å². The minimum atomic E-state index is 0.156. The van der Waals surface area contributed by atoms with Gasteiger partial charge in [-0.15, -0.1) is 0 Å². The van der Waals surface area contributed by atoms with Gasteiger partial charge in [-0.25, -0.2) is 4.79 Å². The van der Waals surface area contributed by atoms with Crippen molar-refractivity contribution in [3.05, 3.63) is 64.9 Å². The number of piperazine rings is 1. The quantitative estimate of drug-likeness (QED) is 0.509. The first-order chi connectivity index (χ1) is 15.6. The van der Waals surface area contributed by atoms with Gasteiger partial charge in [-0.3, -0.25) is 9.88 Å². The van der Waals surface area contributed by atoms with Crippen molar-refractivity contribution >= 4 is 23.3 Å². The SMILES string of the molecule is CO/N=C(\c1ccc(Cl)cc1)C1CCN(C(=O)N2CCN(Cc3ccncc3)CC2)CC1. The number of nitrogens with zero attached hydrogens (tertiary/aromatic N) is 5. The smallest absolute Gasteiger partial charge is 0.320 e. The van der Waals surface area contributed by atoms with E-state index in [1.165, 1.54) is 5.56 Å². The van der Waals surface area contributed by atoms with Crippen LogP contribution in [0.4, 0.5) is 4.79 Å². The number of likely N-dealkylation sites (tertiary alicyclic amines) is 1. The molecule has 0 saturated carbocycles. The maximum absolute atomic E-state index is 13.1. The second-order valence-electron chi connectivity index (χ2n) is 8.33. The molecule has 0 bridgehead atoms. The normalized spacial score (nSPS) is 18.6. The Balaban J connectivity index is 1.28. The van der Waals surface area contributed by atoms with Crippen LogP contribution in [0.2, 0.25) is 5.02 Å². The van der Waals surface area contributed by atoms with E-state index in [1.807, 2.05) is 58.6 Å². The number of pyridine rings is 1. The third-order valence-corrected chi connectivity index (χ3v) is 6.53. The molecule has 170 valence electrons. The van der Waals surface area contributed by atoms with Crippen molar-refractivity contribution in [2.75, 3.05) is 46.4 Å². The summed E-state index contributed by atoms with van der Waals surface area (Å²) < 4.78 is 0. The Morgan fingerprint density at radius 2 is 1.62 bits per heavy atom. The highest BCUT2D eigenvalue weighted by molar-refractivity contribution is 6.30. The van der Waals surface area contributed by atoms with E-state index in [1.54, 1.807) is 7.11 Å². The number of hydrogen-bond donors (Lipinski definition) is 0. The zero-order chi connectivity index (χ0) is 22.3. The summed E-state index contributed by atoms with van der Waals surface area (Å²) in [5.41, 5.74) is 3.21. The predicted octanol–water partition coefficient (Wildman–Crippen LogP) is 3.74. The summed E-state index contributed by atoms with van der Waals surface area (Å²) in [5.74, 6) is 0.261. The number of rotatable bonds is 5. The molecule has 0 N–H and O–H groups in total. The molecule has 2 amide bonds. The van der Waals surface area contributed by atoms with Crippen LogP contribution in [0.25, 0.3) is 0 Å². The lowest BCUT2D eigenvalue weighted by atomic mass is 9.88. The van der Waals surface area contributed by atoms with Crippen LogP contribution < -0.4 is 0 Å². The van der Waals surface area contributed by atoms with Crippen LogP contribution in [-0.4, -0.2) is 77.8 Å². The second kappa shape index (κ2) is 10.8. The van der Waals surface area contributed by atoms with E-state index < -0.39 is 0 Å². The molecule has 0 atom stereocenters. The van der Waals surface area contributed by atoms with Gasteiger partial charge in [-0.1, -0.05) is 28.9 Å². The van der Waals surface area contributed by atoms with Crippen molar-refractivity contribution in [2.45, 2.75) is 19.4 Å². The summed E-state index contributed by atoms with van der Waals surface area (Å²) in [6.45, 7) is 5.70. The average molecular weight is 456 g/mol. The van der Waals surface area contributed by atoms with E-state index in [0.717, 1.165) is 69.9 Å². The molecular formula is C24H30ClN5O2. The Kier molecular flexibility index (Phi) is 7.60. The molecule has 2 saturated heterocycles. The van der Waals surface area contributed by atoms with Crippen molar-refractivity contribution in [1.29, 1.82) is 0 Å². The first kappa shape index (κ1) is 22.6. The maximum atomic E-state index is 13.1. The van der Waals surface area contributed by atoms with Crippen LogP contribution in [0.15, 0.2) is 53.9 Å². The number of carbonyl (C=O) groups excluding carboxylic acids is 1. The summed E-state index contributed by atoms with van der Waals surface area (Å²) in [5, 5.41) is 5.00. The van der Waals surface area contributed by atoms with Crippen LogP contribution in [0.1, 0.15) is 24.0 Å². The molecule has 3 heterocycles. The number of amides is 2. The van der Waals surface area contributed by atoms with Gasteiger partial charge in [0, 0.05) is 69.1 Å². The van der Waals surface area contributed by atoms with Gasteiger partial charge in [0.2, 0.25) is 0 Å². The van der Waals surface area contributed by atoms with Gasteiger partial charge in [0.05, 0.1) is 5.71 Å². The number of benzene rings is 1. The van der Waals surface area contributed by atoms with Crippen LogP contribution in [-0.2, 0) is 11.4 Å². The fourth-order valence-electron chi connectivity index (χ4n) is 4.47. The number of hydrogen-bond acceptors (Lipinski definition) is 5. The molecule has 7 nitrogen and oxygen atoms in total. The second-order valence-corrected chi connectivity index (χ2v) is 8.76. The summed E-state index contributed by atoms with van der Waals surface area (Å²) >= 11 is 6.03. The largest absolute Gasteiger partial charge is 0.399 e. The molecule has 1 aromatic carbocycles. The first-order valence-electron chi connectivity index (χ1n) is 11.2. The first-order valence-corrected chi connectivity index (χ1v) is 11.5. The highest BCUT2D eigenvalue weighted by Crippen LogP contribution is 2.25. The number of carbonyl (C=O) groups is 1. The van der Waals surface area contributed by atoms with Crippen molar-refractivity contribution in [3.63, 3.8) is 0 Å². The predicted molar refractivity (Wildman–Crippen MR) is 126 cm³/mol. The summed E-state index contributed by atoms with van der Waals surface area (Å²) in [7, 11) is 1.57. The van der Waals surface area contributed by atoms with E-state index in [9.17, 15) is 4.79 Å². The van der Waals surface area contributed by atoms with E-state index in [0.29, 0.717) is 5.02 Å². The Hall–Kier alpha value is -2.64. The monoisotopic (exact) mass is 455 g/mol. The molecule has 0 unspecified atom stereocenters. The number of piperidine rings is 1. The van der Waals surface area contributed by atoms with Gasteiger partial charge in [-0.05, 0) is 48.2 Å². The zero-order valence-corrected chi connectivity index (χ0v) is 19.2. The zero-order valence-electron chi connectivity index (χ0n) is 18.5. The van der Waals surface area contributed by atoms with Gasteiger partial charge in [-0.2, -0.15) is 0 Å². The molecule has 8 heteroatoms. The van der Waals surface area contributed by atoms with Gasteiger partial charge in [0.25, 0.3) is 0 Å². The molecule has 4 rings (SSSR count). The molecular weight excluding hydrogens is 426 g/mol. The minimum absolute atomic E-state index is 0.156. The minimum Gasteiger partial charge on any atom is -0.399 e. The van der Waals surface area contributed by atoms with Gasteiger partial charge >= 0.3 is 6.03 Å². The number of halogens is 1. The number of aromatic nitrogens is 1. The summed E-state index contributed by atoms with van der Waals surface area (Å²) in [4.78, 5) is 28.7. The standard InChI is InChI=1S/C24H30ClN5O2/c1-32-27-23(20-2-4-22(25)5-3-20)21-8-12-29(13-9-21)24(31)30-16-14-28(15-17-30)18-19-6-10-26-11-7-19/h2-7,10-11,21H,8-9,12-18H2,1H3/b27-23+. The van der Waals surface area contributed by atoms with Crippen LogP contribution in [0.5, 0.6) is 0 Å². The molecule has 32 heavy (non-hydrogen) atoms. The lowest BCUT2D eigenvalue weighted by molar-refractivity contribution is 0.102. The summed E-state index contributed by atoms with van der Waals surface area (Å²) in [6.07, 6.45) is 5.40. The van der Waals surface area contributed by atoms with Crippen LogP contribution >= 0.6 is 11.6 Å². The topological polar surface area (TPSA) is 61.3 Å². The third-order valence-electron chi connectivity index (χ3n) is 6.28.